The molecule has 2 atom stereocenters. The number of piperidine rings is 1. The molecule has 0 aromatic rings. The smallest absolute Gasteiger partial charge is 0.317 e. The first-order valence-electron chi connectivity index (χ1n) is 7.41. The van der Waals surface area contributed by atoms with Crippen molar-refractivity contribution >= 4 is 12.0 Å². The Bertz CT molecular complexity index is 367. The first-order chi connectivity index (χ1) is 9.47. The minimum Gasteiger partial charge on any atom is -0.481 e. The van der Waals surface area contributed by atoms with E-state index in [4.69, 9.17) is 5.11 Å². The van der Waals surface area contributed by atoms with E-state index in [1.54, 1.807) is 4.90 Å². The van der Waals surface area contributed by atoms with Crippen LogP contribution in [0.1, 0.15) is 19.8 Å². The largest absolute Gasteiger partial charge is 0.481 e. The maximum absolute atomic E-state index is 12.1. The second-order valence-electron chi connectivity index (χ2n) is 6.26. The van der Waals surface area contributed by atoms with Crippen LogP contribution in [0.2, 0.25) is 0 Å². The van der Waals surface area contributed by atoms with Crippen molar-refractivity contribution in [2.75, 3.05) is 39.8 Å². The Morgan fingerprint density at radius 2 is 1.90 bits per heavy atom. The normalized spacial score (nSPS) is 28.6. The highest BCUT2D eigenvalue weighted by Crippen LogP contribution is 2.23. The zero-order valence-electron chi connectivity index (χ0n) is 12.3. The van der Waals surface area contributed by atoms with Gasteiger partial charge in [-0.3, -0.25) is 4.79 Å². The number of hydrogen-bond acceptors (Lipinski definition) is 3. The number of carbonyl (C=O) groups excluding carboxylic acids is 1. The molecular weight excluding hydrogens is 258 g/mol. The third-order valence-corrected chi connectivity index (χ3v) is 4.60. The van der Waals surface area contributed by atoms with Crippen LogP contribution in [0.25, 0.3) is 0 Å². The number of carbonyl (C=O) groups is 2. The van der Waals surface area contributed by atoms with Gasteiger partial charge in [-0.05, 0) is 44.8 Å². The number of likely N-dealkylation sites (tertiary alicyclic amines) is 2. The van der Waals surface area contributed by atoms with Gasteiger partial charge in [0, 0.05) is 19.6 Å². The van der Waals surface area contributed by atoms with Crippen molar-refractivity contribution in [1.82, 2.24) is 15.1 Å². The van der Waals surface area contributed by atoms with Crippen LogP contribution in [0.15, 0.2) is 0 Å². The number of rotatable bonds is 3. The number of nitrogens with one attached hydrogen (secondary N) is 1. The van der Waals surface area contributed by atoms with Crippen molar-refractivity contribution < 1.29 is 14.7 Å². The van der Waals surface area contributed by atoms with E-state index in [9.17, 15) is 9.59 Å². The van der Waals surface area contributed by atoms with Crippen LogP contribution in [0.4, 0.5) is 4.79 Å². The predicted octanol–water partition coefficient (Wildman–Crippen LogP) is 0.690. The summed E-state index contributed by atoms with van der Waals surface area (Å²) in [6.45, 7) is 5.63. The lowest BCUT2D eigenvalue weighted by Crippen LogP contribution is -2.43. The van der Waals surface area contributed by atoms with Gasteiger partial charge in [-0.2, -0.15) is 0 Å². The van der Waals surface area contributed by atoms with Crippen molar-refractivity contribution in [3.05, 3.63) is 0 Å². The molecule has 6 heteroatoms. The van der Waals surface area contributed by atoms with Crippen LogP contribution in [0, 0.1) is 17.8 Å². The average molecular weight is 283 g/mol. The van der Waals surface area contributed by atoms with E-state index >= 15 is 0 Å². The van der Waals surface area contributed by atoms with Gasteiger partial charge in [0.2, 0.25) is 0 Å². The summed E-state index contributed by atoms with van der Waals surface area (Å²) in [7, 11) is 2.12. The summed E-state index contributed by atoms with van der Waals surface area (Å²) in [6, 6.07) is -0.112. The lowest BCUT2D eigenvalue weighted by atomic mass is 9.97. The van der Waals surface area contributed by atoms with Crippen LogP contribution >= 0.6 is 0 Å². The Balaban J connectivity index is 1.74. The summed E-state index contributed by atoms with van der Waals surface area (Å²) >= 11 is 0. The number of carboxylic acids is 1. The van der Waals surface area contributed by atoms with Crippen molar-refractivity contribution in [2.24, 2.45) is 17.8 Å². The lowest BCUT2D eigenvalue weighted by Gasteiger charge is -2.29. The topological polar surface area (TPSA) is 72.9 Å². The number of carboxylic acid groups (broad SMARTS) is 1. The fourth-order valence-corrected chi connectivity index (χ4v) is 3.06. The molecule has 0 spiro atoms. The molecule has 0 aromatic carbocycles. The van der Waals surface area contributed by atoms with Gasteiger partial charge in [0.25, 0.3) is 0 Å². The Kier molecular flexibility index (Phi) is 4.86. The highest BCUT2D eigenvalue weighted by molar-refractivity contribution is 5.77. The van der Waals surface area contributed by atoms with Gasteiger partial charge in [-0.1, -0.05) is 6.92 Å². The van der Waals surface area contributed by atoms with E-state index in [2.05, 4.69) is 17.3 Å². The van der Waals surface area contributed by atoms with Crippen molar-refractivity contribution in [3.8, 4) is 0 Å². The lowest BCUT2D eigenvalue weighted by molar-refractivity contribution is -0.142. The number of nitrogens with zero attached hydrogens (tertiary/aromatic N) is 2. The van der Waals surface area contributed by atoms with Gasteiger partial charge in [-0.25, -0.2) is 4.79 Å². The summed E-state index contributed by atoms with van der Waals surface area (Å²) in [5.41, 5.74) is 0. The maximum atomic E-state index is 12.1. The molecule has 2 fully saturated rings. The van der Waals surface area contributed by atoms with E-state index < -0.39 is 11.9 Å². The molecule has 0 bridgehead atoms. The van der Waals surface area contributed by atoms with E-state index in [0.717, 1.165) is 25.9 Å². The molecule has 0 unspecified atom stereocenters. The summed E-state index contributed by atoms with van der Waals surface area (Å²) in [6.07, 6.45) is 2.23. The van der Waals surface area contributed by atoms with Gasteiger partial charge < -0.3 is 20.2 Å². The van der Waals surface area contributed by atoms with Crippen LogP contribution in [0.5, 0.6) is 0 Å². The molecule has 2 amide bonds. The third kappa shape index (κ3) is 3.62. The van der Waals surface area contributed by atoms with Gasteiger partial charge >= 0.3 is 12.0 Å². The predicted molar refractivity (Wildman–Crippen MR) is 75.5 cm³/mol. The molecule has 2 N–H and O–H groups in total. The Morgan fingerprint density at radius 3 is 2.45 bits per heavy atom. The molecule has 0 saturated carbocycles. The van der Waals surface area contributed by atoms with Gasteiger partial charge in [0.05, 0.1) is 5.92 Å². The average Bonchev–Trinajstić information content (AvgIpc) is 2.80. The maximum Gasteiger partial charge on any atom is 0.317 e. The van der Waals surface area contributed by atoms with Gasteiger partial charge in [0.15, 0.2) is 0 Å². The summed E-state index contributed by atoms with van der Waals surface area (Å²) in [5.74, 6) is -0.653. The Labute approximate surface area is 120 Å². The monoisotopic (exact) mass is 283 g/mol. The minimum atomic E-state index is -0.803. The molecule has 2 aliphatic rings. The van der Waals surface area contributed by atoms with E-state index in [-0.39, 0.29) is 11.9 Å². The van der Waals surface area contributed by atoms with Crippen molar-refractivity contribution in [2.45, 2.75) is 19.8 Å². The highest BCUT2D eigenvalue weighted by atomic mass is 16.4. The van der Waals surface area contributed by atoms with Gasteiger partial charge in [0.1, 0.15) is 0 Å². The van der Waals surface area contributed by atoms with E-state index in [1.165, 1.54) is 0 Å². The molecule has 2 rings (SSSR count). The molecule has 2 saturated heterocycles. The first-order valence-corrected chi connectivity index (χ1v) is 7.41. The summed E-state index contributed by atoms with van der Waals surface area (Å²) in [4.78, 5) is 27.1. The molecule has 0 aliphatic carbocycles. The van der Waals surface area contributed by atoms with Crippen molar-refractivity contribution in [3.63, 3.8) is 0 Å². The van der Waals surface area contributed by atoms with Gasteiger partial charge in [-0.15, -0.1) is 0 Å². The SMILES string of the molecule is C[C@@H]1CN(C(=O)NCC2CCN(C)CC2)C[C@H]1C(=O)O. The number of hydrogen-bond donors (Lipinski definition) is 2. The van der Waals surface area contributed by atoms with Crippen LogP contribution in [-0.4, -0.2) is 66.7 Å². The highest BCUT2D eigenvalue weighted by Gasteiger charge is 2.37. The second-order valence-corrected chi connectivity index (χ2v) is 6.26. The fourth-order valence-electron chi connectivity index (χ4n) is 3.06. The number of aliphatic carboxylic acids is 1. The zero-order chi connectivity index (χ0) is 14.7. The fraction of sp³-hybridized carbons (Fsp3) is 0.857. The third-order valence-electron chi connectivity index (χ3n) is 4.60. The molecule has 20 heavy (non-hydrogen) atoms. The summed E-state index contributed by atoms with van der Waals surface area (Å²) in [5, 5.41) is 12.0. The standard InChI is InChI=1S/C14H25N3O3/c1-10-8-17(9-12(10)13(18)19)14(20)15-7-11-3-5-16(2)6-4-11/h10-12H,3-9H2,1-2H3,(H,15,20)(H,18,19)/t10-,12-/m1/s1. The van der Waals surface area contributed by atoms with Crippen molar-refractivity contribution in [1.29, 1.82) is 0 Å². The van der Waals surface area contributed by atoms with E-state index in [1.807, 2.05) is 6.92 Å². The van der Waals surface area contributed by atoms with Crippen LogP contribution in [0.3, 0.4) is 0 Å². The molecule has 0 aromatic heterocycles. The summed E-state index contributed by atoms with van der Waals surface area (Å²) < 4.78 is 0. The van der Waals surface area contributed by atoms with Crippen LogP contribution < -0.4 is 5.32 Å². The molecule has 114 valence electrons. The first kappa shape index (κ1) is 15.1. The second kappa shape index (κ2) is 6.43. The molecule has 0 radical (unpaired) electrons. The molecule has 2 aliphatic heterocycles. The minimum absolute atomic E-state index is 0.0292. The Morgan fingerprint density at radius 1 is 1.25 bits per heavy atom. The molecule has 2 heterocycles. The van der Waals surface area contributed by atoms with E-state index in [0.29, 0.717) is 25.6 Å². The molecule has 6 nitrogen and oxygen atoms in total. The zero-order valence-corrected chi connectivity index (χ0v) is 12.3. The molecular formula is C14H25N3O3. The Hall–Kier alpha value is -1.30. The number of amides is 2. The number of urea groups is 1. The van der Waals surface area contributed by atoms with Crippen LogP contribution in [-0.2, 0) is 4.79 Å². The quantitative estimate of drug-likeness (QED) is 0.799.